The summed E-state index contributed by atoms with van der Waals surface area (Å²) in [5.41, 5.74) is 0.839. The zero-order valence-corrected chi connectivity index (χ0v) is 11.6. The summed E-state index contributed by atoms with van der Waals surface area (Å²) >= 11 is 0. The lowest BCUT2D eigenvalue weighted by Gasteiger charge is -2.17. The maximum atomic E-state index is 11.8. The predicted octanol–water partition coefficient (Wildman–Crippen LogP) is 1.04. The van der Waals surface area contributed by atoms with Gasteiger partial charge in [0.1, 0.15) is 0 Å². The molecule has 0 spiro atoms. The summed E-state index contributed by atoms with van der Waals surface area (Å²) < 4.78 is 23.5. The van der Waals surface area contributed by atoms with Gasteiger partial charge >= 0.3 is 0 Å². The number of sulfone groups is 1. The number of hydrogen-bond acceptors (Lipinski definition) is 4. The molecule has 0 saturated heterocycles. The molecule has 6 heteroatoms. The molecule has 1 heterocycles. The van der Waals surface area contributed by atoms with Crippen molar-refractivity contribution in [3.05, 3.63) is 29.8 Å². The third-order valence-electron chi connectivity index (χ3n) is 3.20. The highest BCUT2D eigenvalue weighted by atomic mass is 32.2. The molecule has 0 unspecified atom stereocenters. The van der Waals surface area contributed by atoms with E-state index in [9.17, 15) is 18.0 Å². The molecule has 0 atom stereocenters. The first-order chi connectivity index (χ1) is 8.84. The topological polar surface area (TPSA) is 71.5 Å². The minimum atomic E-state index is -3.23. The van der Waals surface area contributed by atoms with Crippen LogP contribution in [0.2, 0.25) is 0 Å². The van der Waals surface area contributed by atoms with Gasteiger partial charge in [-0.3, -0.25) is 9.59 Å². The van der Waals surface area contributed by atoms with Crippen LogP contribution in [-0.4, -0.2) is 37.7 Å². The van der Waals surface area contributed by atoms with Crippen LogP contribution in [-0.2, 0) is 14.6 Å². The molecule has 0 aromatic heterocycles. The molecule has 1 aliphatic rings. The van der Waals surface area contributed by atoms with Crippen molar-refractivity contribution in [1.29, 1.82) is 0 Å². The summed E-state index contributed by atoms with van der Waals surface area (Å²) in [4.78, 5) is 24.8. The third kappa shape index (κ3) is 2.40. The summed E-state index contributed by atoms with van der Waals surface area (Å²) in [6.07, 6.45) is 0. The van der Waals surface area contributed by atoms with Crippen molar-refractivity contribution in [3.8, 4) is 0 Å². The Morgan fingerprint density at radius 2 is 1.79 bits per heavy atom. The molecule has 1 aromatic rings. The van der Waals surface area contributed by atoms with Gasteiger partial charge in [0.15, 0.2) is 9.84 Å². The summed E-state index contributed by atoms with van der Waals surface area (Å²) in [5, 5.41) is -0.490. The van der Waals surface area contributed by atoms with Crippen LogP contribution in [0.5, 0.6) is 0 Å². The quantitative estimate of drug-likeness (QED) is 0.773. The van der Waals surface area contributed by atoms with Gasteiger partial charge in [0.2, 0.25) is 0 Å². The molecule has 5 nitrogen and oxygen atoms in total. The van der Waals surface area contributed by atoms with Gasteiger partial charge in [0, 0.05) is 6.54 Å². The lowest BCUT2D eigenvalue weighted by molar-refractivity contribution is -0.114. The van der Waals surface area contributed by atoms with Crippen molar-refractivity contribution >= 4 is 27.2 Å². The molecule has 1 amide bonds. The van der Waals surface area contributed by atoms with Crippen molar-refractivity contribution in [2.24, 2.45) is 0 Å². The Morgan fingerprint density at radius 3 is 2.42 bits per heavy atom. The van der Waals surface area contributed by atoms with Crippen LogP contribution < -0.4 is 4.90 Å². The number of anilines is 1. The Labute approximate surface area is 112 Å². The zero-order chi connectivity index (χ0) is 14.2. The van der Waals surface area contributed by atoms with Crippen LogP contribution in [0, 0.1) is 0 Å². The molecule has 1 aromatic carbocycles. The zero-order valence-electron chi connectivity index (χ0n) is 10.8. The number of nitrogens with zero attached hydrogens (tertiary/aromatic N) is 1. The van der Waals surface area contributed by atoms with Gasteiger partial charge in [0.25, 0.3) is 11.7 Å². The number of fused-ring (bicyclic) bond motifs is 1. The van der Waals surface area contributed by atoms with Crippen LogP contribution in [0.3, 0.4) is 0 Å². The molecule has 2 rings (SSSR count). The molecule has 1 aliphatic heterocycles. The molecule has 0 saturated carbocycles. The van der Waals surface area contributed by atoms with Gasteiger partial charge in [-0.05, 0) is 26.0 Å². The molecular weight excluding hydrogens is 266 g/mol. The second-order valence-corrected chi connectivity index (χ2v) is 7.40. The third-order valence-corrected chi connectivity index (χ3v) is 5.38. The number of rotatable bonds is 4. The Kier molecular flexibility index (Phi) is 3.45. The van der Waals surface area contributed by atoms with Gasteiger partial charge < -0.3 is 4.90 Å². The van der Waals surface area contributed by atoms with Gasteiger partial charge in [-0.2, -0.15) is 0 Å². The Morgan fingerprint density at radius 1 is 1.16 bits per heavy atom. The molecule has 102 valence electrons. The number of carbonyl (C=O) groups is 2. The van der Waals surface area contributed by atoms with Crippen LogP contribution in [0.25, 0.3) is 0 Å². The minimum absolute atomic E-state index is 0.0160. The number of hydrogen-bond donors (Lipinski definition) is 0. The van der Waals surface area contributed by atoms with Crippen LogP contribution in [0.15, 0.2) is 24.3 Å². The number of Topliss-reactive ketones (excluding diaryl/α,β-unsaturated/α-hetero) is 1. The van der Waals surface area contributed by atoms with Crippen molar-refractivity contribution in [1.82, 2.24) is 0 Å². The van der Waals surface area contributed by atoms with E-state index >= 15 is 0 Å². The average Bonchev–Trinajstić information content (AvgIpc) is 2.60. The fraction of sp³-hybridized carbons (Fsp3) is 0.385. The number of para-hydroxylation sites is 1. The van der Waals surface area contributed by atoms with E-state index < -0.39 is 26.8 Å². The Balaban J connectivity index is 2.23. The van der Waals surface area contributed by atoms with Gasteiger partial charge in [-0.25, -0.2) is 8.42 Å². The second kappa shape index (κ2) is 4.77. The standard InChI is InChI=1S/C13H15NO4S/c1-9(2)19(17,18)8-7-14-11-6-4-3-5-10(11)12(15)13(14)16/h3-6,9H,7-8H2,1-2H3. The van der Waals surface area contributed by atoms with E-state index in [4.69, 9.17) is 0 Å². The van der Waals surface area contributed by atoms with E-state index in [2.05, 4.69) is 0 Å². The smallest absolute Gasteiger partial charge is 0.299 e. The summed E-state index contributed by atoms with van der Waals surface area (Å²) in [6.45, 7) is 3.21. The maximum Gasteiger partial charge on any atom is 0.299 e. The number of amides is 1. The van der Waals surface area contributed by atoms with Crippen LogP contribution >= 0.6 is 0 Å². The second-order valence-electron chi connectivity index (χ2n) is 4.72. The van der Waals surface area contributed by atoms with Gasteiger partial charge in [0.05, 0.1) is 22.3 Å². The summed E-state index contributed by atoms with van der Waals surface area (Å²) in [7, 11) is -3.23. The first-order valence-electron chi connectivity index (χ1n) is 6.01. The van der Waals surface area contributed by atoms with Crippen molar-refractivity contribution in [3.63, 3.8) is 0 Å². The lowest BCUT2D eigenvalue weighted by Crippen LogP contribution is -2.35. The highest BCUT2D eigenvalue weighted by Crippen LogP contribution is 2.28. The minimum Gasteiger partial charge on any atom is -0.304 e. The van der Waals surface area contributed by atoms with E-state index in [0.717, 1.165) is 0 Å². The lowest BCUT2D eigenvalue weighted by atomic mass is 10.1. The van der Waals surface area contributed by atoms with Crippen molar-refractivity contribution in [2.45, 2.75) is 19.1 Å². The van der Waals surface area contributed by atoms with E-state index in [0.29, 0.717) is 11.3 Å². The first kappa shape index (κ1) is 13.7. The molecule has 19 heavy (non-hydrogen) atoms. The van der Waals surface area contributed by atoms with Crippen LogP contribution in [0.1, 0.15) is 24.2 Å². The Bertz CT molecular complexity index is 634. The van der Waals surface area contributed by atoms with Gasteiger partial charge in [-0.15, -0.1) is 0 Å². The van der Waals surface area contributed by atoms with Crippen molar-refractivity contribution < 1.29 is 18.0 Å². The number of carbonyl (C=O) groups excluding carboxylic acids is 2. The number of benzene rings is 1. The Hall–Kier alpha value is -1.69. The number of ketones is 1. The van der Waals surface area contributed by atoms with E-state index in [1.165, 1.54) is 4.90 Å². The molecule has 0 N–H and O–H groups in total. The SMILES string of the molecule is CC(C)S(=O)(=O)CCN1C(=O)C(=O)c2ccccc21. The molecule has 0 aliphatic carbocycles. The highest BCUT2D eigenvalue weighted by Gasteiger charge is 2.35. The monoisotopic (exact) mass is 281 g/mol. The fourth-order valence-corrected chi connectivity index (χ4v) is 2.83. The van der Waals surface area contributed by atoms with Crippen LogP contribution in [0.4, 0.5) is 5.69 Å². The highest BCUT2D eigenvalue weighted by molar-refractivity contribution is 7.92. The van der Waals surface area contributed by atoms with Crippen molar-refractivity contribution in [2.75, 3.05) is 17.2 Å². The maximum absolute atomic E-state index is 11.8. The summed E-state index contributed by atoms with van der Waals surface area (Å²) in [5.74, 6) is -1.37. The van der Waals surface area contributed by atoms with E-state index in [-0.39, 0.29) is 12.3 Å². The molecular formula is C13H15NO4S. The molecule has 0 radical (unpaired) electrons. The van der Waals surface area contributed by atoms with E-state index in [1.54, 1.807) is 38.1 Å². The van der Waals surface area contributed by atoms with Gasteiger partial charge in [-0.1, -0.05) is 12.1 Å². The molecule has 0 bridgehead atoms. The fourth-order valence-electron chi connectivity index (χ4n) is 1.92. The molecule has 0 fully saturated rings. The summed E-state index contributed by atoms with van der Waals surface area (Å²) in [6, 6.07) is 6.62. The predicted molar refractivity (Wildman–Crippen MR) is 72.0 cm³/mol. The normalized spacial score (nSPS) is 15.2. The largest absolute Gasteiger partial charge is 0.304 e. The van der Waals surface area contributed by atoms with E-state index in [1.807, 2.05) is 0 Å². The first-order valence-corrected chi connectivity index (χ1v) is 7.73. The average molecular weight is 281 g/mol.